The zero-order valence-electron chi connectivity index (χ0n) is 12.5. The van der Waals surface area contributed by atoms with Crippen LogP contribution >= 0.6 is 11.3 Å². The van der Waals surface area contributed by atoms with E-state index in [4.69, 9.17) is 0 Å². The number of hydrogen-bond donors (Lipinski definition) is 2. The number of nitrogens with zero attached hydrogens (tertiary/aromatic N) is 1. The minimum Gasteiger partial charge on any atom is -0.543 e. The topological polar surface area (TPSA) is 110 Å². The summed E-state index contributed by atoms with van der Waals surface area (Å²) >= 11 is 1.20. The minimum atomic E-state index is -1.42. The van der Waals surface area contributed by atoms with Crippen LogP contribution in [-0.4, -0.2) is 47.0 Å². The fourth-order valence-electron chi connectivity index (χ4n) is 3.25. The van der Waals surface area contributed by atoms with Crippen molar-refractivity contribution < 1.29 is 24.6 Å². The number of thiophene rings is 1. The second-order valence-electron chi connectivity index (χ2n) is 5.64. The quantitative estimate of drug-likeness (QED) is 0.699. The van der Waals surface area contributed by atoms with Crippen molar-refractivity contribution in [2.45, 2.75) is 25.5 Å². The molecule has 0 radical (unpaired) electrons. The largest absolute Gasteiger partial charge is 0.543 e. The number of carbonyl (C=O) groups is 3. The molecule has 2 amide bonds. The van der Waals surface area contributed by atoms with Gasteiger partial charge in [-0.1, -0.05) is 0 Å². The Kier molecular flexibility index (Phi) is 3.73. The number of hydrogen-bond acceptors (Lipinski definition) is 6. The van der Waals surface area contributed by atoms with Crippen molar-refractivity contribution in [1.82, 2.24) is 10.2 Å². The molecule has 122 valence electrons. The van der Waals surface area contributed by atoms with Gasteiger partial charge in [-0.15, -0.1) is 11.3 Å². The lowest BCUT2D eigenvalue weighted by Gasteiger charge is -2.45. The molecular formula is C15H15N2O5S-. The molecule has 2 N–H and O–H groups in total. The summed E-state index contributed by atoms with van der Waals surface area (Å²) in [6.45, 7) is 1.52. The number of nitrogens with one attached hydrogen (secondary N) is 1. The number of aliphatic carboxylic acids is 1. The molecule has 1 saturated heterocycles. The van der Waals surface area contributed by atoms with E-state index in [1.54, 1.807) is 11.4 Å². The lowest BCUT2D eigenvalue weighted by Crippen LogP contribution is -2.62. The van der Waals surface area contributed by atoms with E-state index in [9.17, 15) is 24.6 Å². The Labute approximate surface area is 136 Å². The van der Waals surface area contributed by atoms with E-state index in [1.165, 1.54) is 30.2 Å². The van der Waals surface area contributed by atoms with E-state index >= 15 is 0 Å². The molecule has 0 spiro atoms. The summed E-state index contributed by atoms with van der Waals surface area (Å²) in [5.74, 6) is -2.68. The van der Waals surface area contributed by atoms with Crippen LogP contribution in [0.1, 0.15) is 28.6 Å². The van der Waals surface area contributed by atoms with Crippen molar-refractivity contribution in [2.75, 3.05) is 7.05 Å². The van der Waals surface area contributed by atoms with E-state index in [2.05, 4.69) is 5.32 Å². The number of carbonyl (C=O) groups excluding carboxylic acids is 3. The first-order valence-corrected chi connectivity index (χ1v) is 8.01. The number of β-lactam (4-membered cyclic amide) rings is 1. The van der Waals surface area contributed by atoms with Crippen LogP contribution in [0.25, 0.3) is 5.57 Å². The predicted octanol–water partition coefficient (Wildman–Crippen LogP) is -0.820. The van der Waals surface area contributed by atoms with E-state index in [0.717, 1.165) is 0 Å². The molecule has 23 heavy (non-hydrogen) atoms. The Morgan fingerprint density at radius 1 is 1.52 bits per heavy atom. The number of aliphatic hydroxyl groups excluding tert-OH is 1. The van der Waals surface area contributed by atoms with Crippen LogP contribution in [-0.2, 0) is 9.59 Å². The van der Waals surface area contributed by atoms with Crippen LogP contribution in [0, 0.1) is 5.92 Å². The van der Waals surface area contributed by atoms with Gasteiger partial charge in [0.1, 0.15) is 0 Å². The summed E-state index contributed by atoms with van der Waals surface area (Å²) in [5.41, 5.74) is 0.912. The molecule has 1 aromatic rings. The lowest BCUT2D eigenvalue weighted by molar-refractivity contribution is -0.301. The van der Waals surface area contributed by atoms with E-state index in [-0.39, 0.29) is 17.6 Å². The van der Waals surface area contributed by atoms with Gasteiger partial charge in [0.15, 0.2) is 0 Å². The van der Waals surface area contributed by atoms with Crippen LogP contribution in [0.15, 0.2) is 17.1 Å². The van der Waals surface area contributed by atoms with Crippen molar-refractivity contribution in [2.24, 2.45) is 5.92 Å². The number of carboxylic acid groups (broad SMARTS) is 1. The molecule has 7 nitrogen and oxygen atoms in total. The molecule has 0 bridgehead atoms. The normalized spacial score (nSPS) is 24.3. The molecular weight excluding hydrogens is 320 g/mol. The molecule has 0 unspecified atom stereocenters. The van der Waals surface area contributed by atoms with Gasteiger partial charge in [-0.25, -0.2) is 0 Å². The number of carboxylic acids is 1. The standard InChI is InChI=1S/C15H16N2O5S/c1-6(18)11-9-4-8(12(15(21)22)17(9)14(11)20)7-3-10(23-5-7)13(19)16-2/h3,5-6,9,11,18H,4H2,1-2H3,(H,16,19)(H,21,22)/p-1/t6-,9-,11-/m1/s1. The fourth-order valence-corrected chi connectivity index (χ4v) is 4.12. The average Bonchev–Trinajstić information content (AvgIpc) is 3.08. The van der Waals surface area contributed by atoms with Crippen molar-refractivity contribution in [3.8, 4) is 0 Å². The van der Waals surface area contributed by atoms with Gasteiger partial charge in [-0.3, -0.25) is 9.59 Å². The van der Waals surface area contributed by atoms with E-state index in [0.29, 0.717) is 22.4 Å². The van der Waals surface area contributed by atoms with Crippen molar-refractivity contribution >= 4 is 34.7 Å². The molecule has 2 aliphatic rings. The SMILES string of the molecule is CNC(=O)c1cc(C2=C(C(=O)[O-])N3C(=O)[C@H]([C@@H](C)O)[C@H]3C2)cs1. The van der Waals surface area contributed by atoms with E-state index < -0.39 is 23.9 Å². The van der Waals surface area contributed by atoms with Gasteiger partial charge in [-0.05, 0) is 35.9 Å². The summed E-state index contributed by atoms with van der Waals surface area (Å²) < 4.78 is 0. The first-order valence-electron chi connectivity index (χ1n) is 7.13. The maximum Gasteiger partial charge on any atom is 0.261 e. The van der Waals surface area contributed by atoms with Crippen molar-refractivity contribution in [1.29, 1.82) is 0 Å². The second kappa shape index (κ2) is 5.47. The van der Waals surface area contributed by atoms with Gasteiger partial charge in [0.25, 0.3) is 5.91 Å². The number of aliphatic hydroxyl groups is 1. The van der Waals surface area contributed by atoms with Crippen LogP contribution in [0.5, 0.6) is 0 Å². The summed E-state index contributed by atoms with van der Waals surface area (Å²) in [6.07, 6.45) is -0.510. The van der Waals surface area contributed by atoms with E-state index in [1.807, 2.05) is 0 Å². The maximum atomic E-state index is 12.1. The molecule has 1 fully saturated rings. The Morgan fingerprint density at radius 2 is 2.22 bits per heavy atom. The van der Waals surface area contributed by atoms with Gasteiger partial charge in [0.2, 0.25) is 5.91 Å². The van der Waals surface area contributed by atoms with Crippen molar-refractivity contribution in [3.05, 3.63) is 27.6 Å². The lowest BCUT2D eigenvalue weighted by atomic mass is 9.82. The Hall–Kier alpha value is -2.19. The van der Waals surface area contributed by atoms with Crippen LogP contribution < -0.4 is 10.4 Å². The molecule has 0 aliphatic carbocycles. The second-order valence-corrected chi connectivity index (χ2v) is 6.55. The molecule has 3 rings (SSSR count). The van der Waals surface area contributed by atoms with Gasteiger partial charge in [-0.2, -0.15) is 0 Å². The molecule has 2 aliphatic heterocycles. The molecule has 3 heterocycles. The third-order valence-corrected chi connectivity index (χ3v) is 5.25. The van der Waals surface area contributed by atoms with Gasteiger partial charge >= 0.3 is 0 Å². The third-order valence-electron chi connectivity index (χ3n) is 4.32. The van der Waals surface area contributed by atoms with Crippen LogP contribution in [0.3, 0.4) is 0 Å². The highest BCUT2D eigenvalue weighted by Gasteiger charge is 2.55. The van der Waals surface area contributed by atoms with Gasteiger partial charge < -0.3 is 25.2 Å². The molecule has 0 aromatic carbocycles. The number of rotatable bonds is 4. The van der Waals surface area contributed by atoms with Crippen LogP contribution in [0.2, 0.25) is 0 Å². The molecule has 8 heteroatoms. The third kappa shape index (κ3) is 2.25. The first-order chi connectivity index (χ1) is 10.9. The number of fused-ring (bicyclic) bond motifs is 1. The molecule has 3 atom stereocenters. The first kappa shape index (κ1) is 15.7. The smallest absolute Gasteiger partial charge is 0.261 e. The summed E-state index contributed by atoms with van der Waals surface area (Å²) in [6, 6.07) is 1.24. The predicted molar refractivity (Wildman–Crippen MR) is 80.1 cm³/mol. The molecule has 0 saturated carbocycles. The Bertz CT molecular complexity index is 736. The summed E-state index contributed by atoms with van der Waals surface area (Å²) in [4.78, 5) is 36.9. The zero-order chi connectivity index (χ0) is 16.9. The minimum absolute atomic E-state index is 0.154. The number of amides is 2. The fraction of sp³-hybridized carbons (Fsp3) is 0.400. The Morgan fingerprint density at radius 3 is 2.78 bits per heavy atom. The van der Waals surface area contributed by atoms with Gasteiger partial charge in [0, 0.05) is 7.05 Å². The maximum absolute atomic E-state index is 12.1. The monoisotopic (exact) mass is 335 g/mol. The van der Waals surface area contributed by atoms with Gasteiger partial charge in [0.05, 0.1) is 34.6 Å². The zero-order valence-corrected chi connectivity index (χ0v) is 13.3. The highest BCUT2D eigenvalue weighted by molar-refractivity contribution is 7.12. The Balaban J connectivity index is 1.98. The van der Waals surface area contributed by atoms with Crippen LogP contribution in [0.4, 0.5) is 0 Å². The molecule has 1 aromatic heterocycles. The highest BCUT2D eigenvalue weighted by atomic mass is 32.1. The highest BCUT2D eigenvalue weighted by Crippen LogP contribution is 2.47. The average molecular weight is 335 g/mol. The summed E-state index contributed by atoms with van der Waals surface area (Å²) in [5, 5.41) is 25.4. The summed E-state index contributed by atoms with van der Waals surface area (Å²) in [7, 11) is 1.51. The van der Waals surface area contributed by atoms with Crippen molar-refractivity contribution in [3.63, 3.8) is 0 Å².